The maximum absolute atomic E-state index is 5.63. The molecule has 0 atom stereocenters. The van der Waals surface area contributed by atoms with Gasteiger partial charge in [-0.05, 0) is 51.1 Å². The molecule has 0 heterocycles. The predicted molar refractivity (Wildman–Crippen MR) is 64.8 cm³/mol. The minimum absolute atomic E-state index is 0.855. The van der Waals surface area contributed by atoms with E-state index in [4.69, 9.17) is 5.73 Å². The summed E-state index contributed by atoms with van der Waals surface area (Å²) >= 11 is 0. The Bertz CT molecular complexity index is 171. The van der Waals surface area contributed by atoms with Crippen LogP contribution in [0.15, 0.2) is 0 Å². The van der Waals surface area contributed by atoms with E-state index in [9.17, 15) is 0 Å². The molecule has 0 aromatic heterocycles. The van der Waals surface area contributed by atoms with E-state index < -0.39 is 0 Å². The van der Waals surface area contributed by atoms with Crippen LogP contribution in [0, 0.1) is 5.92 Å². The molecular formula is C13H26N2. The van der Waals surface area contributed by atoms with Crippen molar-refractivity contribution < 1.29 is 0 Å². The summed E-state index contributed by atoms with van der Waals surface area (Å²) in [4.78, 5) is 2.75. The molecule has 2 aliphatic carbocycles. The lowest BCUT2D eigenvalue weighted by molar-refractivity contribution is 0.148. The van der Waals surface area contributed by atoms with E-state index in [-0.39, 0.29) is 0 Å². The number of rotatable bonds is 6. The highest BCUT2D eigenvalue weighted by Crippen LogP contribution is 2.32. The Balaban J connectivity index is 1.78. The zero-order valence-electron chi connectivity index (χ0n) is 9.96. The summed E-state index contributed by atoms with van der Waals surface area (Å²) in [5.74, 6) is 1.03. The summed E-state index contributed by atoms with van der Waals surface area (Å²) in [7, 11) is 0. The summed E-state index contributed by atoms with van der Waals surface area (Å²) in [5, 5.41) is 0. The highest BCUT2D eigenvalue weighted by atomic mass is 15.2. The standard InChI is InChI=1S/C13H26N2/c14-9-4-10-15(11-12-7-8-12)13-5-2-1-3-6-13/h12-13H,1-11,14H2. The molecule has 0 unspecified atom stereocenters. The molecule has 2 rings (SSSR count). The molecule has 0 aromatic carbocycles. The largest absolute Gasteiger partial charge is 0.330 e. The first-order valence-corrected chi connectivity index (χ1v) is 6.84. The van der Waals surface area contributed by atoms with Gasteiger partial charge in [0.15, 0.2) is 0 Å². The molecule has 0 saturated heterocycles. The second kappa shape index (κ2) is 5.86. The van der Waals surface area contributed by atoms with E-state index in [1.807, 2.05) is 0 Å². The molecule has 2 fully saturated rings. The summed E-state index contributed by atoms with van der Waals surface area (Å²) < 4.78 is 0. The topological polar surface area (TPSA) is 29.3 Å². The van der Waals surface area contributed by atoms with E-state index in [2.05, 4.69) is 4.90 Å². The van der Waals surface area contributed by atoms with Gasteiger partial charge in [0.1, 0.15) is 0 Å². The maximum Gasteiger partial charge on any atom is 0.00953 e. The van der Waals surface area contributed by atoms with Crippen LogP contribution < -0.4 is 5.73 Å². The van der Waals surface area contributed by atoms with Gasteiger partial charge >= 0.3 is 0 Å². The van der Waals surface area contributed by atoms with Crippen molar-refractivity contribution >= 4 is 0 Å². The molecule has 0 spiro atoms. The molecule has 2 saturated carbocycles. The van der Waals surface area contributed by atoms with Crippen molar-refractivity contribution in [2.45, 2.75) is 57.4 Å². The van der Waals surface area contributed by atoms with E-state index >= 15 is 0 Å². The van der Waals surface area contributed by atoms with Crippen LogP contribution in [0.2, 0.25) is 0 Å². The molecule has 2 N–H and O–H groups in total. The fourth-order valence-corrected chi connectivity index (χ4v) is 2.80. The highest BCUT2D eigenvalue weighted by Gasteiger charge is 2.28. The van der Waals surface area contributed by atoms with Crippen LogP contribution in [0.25, 0.3) is 0 Å². The van der Waals surface area contributed by atoms with Gasteiger partial charge in [0.05, 0.1) is 0 Å². The number of hydrogen-bond acceptors (Lipinski definition) is 2. The third-order valence-corrected chi connectivity index (χ3v) is 3.93. The molecule has 15 heavy (non-hydrogen) atoms. The molecule has 0 aliphatic heterocycles. The Morgan fingerprint density at radius 3 is 2.33 bits per heavy atom. The van der Waals surface area contributed by atoms with Crippen molar-refractivity contribution in [1.29, 1.82) is 0 Å². The lowest BCUT2D eigenvalue weighted by Gasteiger charge is -2.34. The molecule has 2 aliphatic rings. The van der Waals surface area contributed by atoms with Crippen molar-refractivity contribution in [3.63, 3.8) is 0 Å². The minimum atomic E-state index is 0.855. The maximum atomic E-state index is 5.63. The van der Waals surface area contributed by atoms with Crippen LogP contribution in [0.4, 0.5) is 0 Å². The SMILES string of the molecule is NCCCN(CC1CC1)C1CCCCC1. The van der Waals surface area contributed by atoms with Crippen LogP contribution in [0.3, 0.4) is 0 Å². The fraction of sp³-hybridized carbons (Fsp3) is 1.00. The van der Waals surface area contributed by atoms with Crippen molar-refractivity contribution in [2.24, 2.45) is 11.7 Å². The molecule has 0 aromatic rings. The third-order valence-electron chi connectivity index (χ3n) is 3.93. The van der Waals surface area contributed by atoms with E-state index in [1.165, 1.54) is 64.5 Å². The van der Waals surface area contributed by atoms with Crippen molar-refractivity contribution in [3.8, 4) is 0 Å². The molecule has 0 amide bonds. The smallest absolute Gasteiger partial charge is 0.00953 e. The van der Waals surface area contributed by atoms with Gasteiger partial charge in [-0.25, -0.2) is 0 Å². The van der Waals surface area contributed by atoms with E-state index in [1.54, 1.807) is 0 Å². The predicted octanol–water partition coefficient (Wildman–Crippen LogP) is 2.38. The van der Waals surface area contributed by atoms with Crippen LogP contribution in [0.5, 0.6) is 0 Å². The van der Waals surface area contributed by atoms with Crippen molar-refractivity contribution in [3.05, 3.63) is 0 Å². The van der Waals surface area contributed by atoms with Gasteiger partial charge < -0.3 is 10.6 Å². The van der Waals surface area contributed by atoms with Crippen molar-refractivity contribution in [1.82, 2.24) is 4.90 Å². The summed E-state index contributed by atoms with van der Waals surface area (Å²) in [6.45, 7) is 3.47. The van der Waals surface area contributed by atoms with Crippen LogP contribution in [-0.4, -0.2) is 30.6 Å². The summed E-state index contributed by atoms with van der Waals surface area (Å²) in [6.07, 6.45) is 11.4. The Morgan fingerprint density at radius 1 is 1.00 bits per heavy atom. The van der Waals surface area contributed by atoms with Crippen LogP contribution in [0.1, 0.15) is 51.4 Å². The minimum Gasteiger partial charge on any atom is -0.330 e. The van der Waals surface area contributed by atoms with Gasteiger partial charge in [0.25, 0.3) is 0 Å². The van der Waals surface area contributed by atoms with Crippen LogP contribution >= 0.6 is 0 Å². The normalized spacial score (nSPS) is 23.6. The lowest BCUT2D eigenvalue weighted by atomic mass is 9.94. The Labute approximate surface area is 94.2 Å². The molecule has 2 nitrogen and oxygen atoms in total. The molecule has 0 radical (unpaired) electrons. The molecule has 88 valence electrons. The monoisotopic (exact) mass is 210 g/mol. The van der Waals surface area contributed by atoms with Gasteiger partial charge in [-0.2, -0.15) is 0 Å². The fourth-order valence-electron chi connectivity index (χ4n) is 2.80. The number of nitrogens with zero attached hydrogens (tertiary/aromatic N) is 1. The average Bonchev–Trinajstić information content (AvgIpc) is 3.09. The van der Waals surface area contributed by atoms with Crippen molar-refractivity contribution in [2.75, 3.05) is 19.6 Å². The Morgan fingerprint density at radius 2 is 1.73 bits per heavy atom. The first-order valence-electron chi connectivity index (χ1n) is 6.84. The summed E-state index contributed by atoms with van der Waals surface area (Å²) in [5.41, 5.74) is 5.63. The first kappa shape index (κ1) is 11.4. The number of hydrogen-bond donors (Lipinski definition) is 1. The second-order valence-corrected chi connectivity index (χ2v) is 5.37. The third kappa shape index (κ3) is 3.76. The second-order valence-electron chi connectivity index (χ2n) is 5.37. The van der Waals surface area contributed by atoms with Crippen LogP contribution in [-0.2, 0) is 0 Å². The zero-order chi connectivity index (χ0) is 10.5. The molecule has 2 heteroatoms. The van der Waals surface area contributed by atoms with E-state index in [0.717, 1.165) is 18.5 Å². The van der Waals surface area contributed by atoms with Gasteiger partial charge in [0, 0.05) is 12.6 Å². The Hall–Kier alpha value is -0.0800. The van der Waals surface area contributed by atoms with Gasteiger partial charge in [-0.3, -0.25) is 0 Å². The molecular weight excluding hydrogens is 184 g/mol. The van der Waals surface area contributed by atoms with E-state index in [0.29, 0.717) is 0 Å². The van der Waals surface area contributed by atoms with Gasteiger partial charge in [-0.15, -0.1) is 0 Å². The van der Waals surface area contributed by atoms with Gasteiger partial charge in [0.2, 0.25) is 0 Å². The average molecular weight is 210 g/mol. The first-order chi connectivity index (χ1) is 7.40. The highest BCUT2D eigenvalue weighted by molar-refractivity contribution is 4.82. The number of nitrogens with two attached hydrogens (primary N) is 1. The van der Waals surface area contributed by atoms with Gasteiger partial charge in [-0.1, -0.05) is 19.3 Å². The summed E-state index contributed by atoms with van der Waals surface area (Å²) in [6, 6.07) is 0.894. The quantitative estimate of drug-likeness (QED) is 0.729. The zero-order valence-corrected chi connectivity index (χ0v) is 9.96. The molecule has 0 bridgehead atoms. The lowest BCUT2D eigenvalue weighted by Crippen LogP contribution is -2.39. The Kier molecular flexibility index (Phi) is 4.45.